The fourth-order valence-corrected chi connectivity index (χ4v) is 2.77. The van der Waals surface area contributed by atoms with E-state index in [-0.39, 0.29) is 21.4 Å². The lowest BCUT2D eigenvalue weighted by atomic mass is 10.2. The van der Waals surface area contributed by atoms with E-state index >= 15 is 0 Å². The topological polar surface area (TPSA) is 75.3 Å². The Morgan fingerprint density at radius 1 is 1.24 bits per heavy atom. The van der Waals surface area contributed by atoms with Crippen molar-refractivity contribution >= 4 is 27.5 Å². The molecule has 0 fully saturated rings. The van der Waals surface area contributed by atoms with Crippen molar-refractivity contribution in [3.05, 3.63) is 28.8 Å². The molecular weight excluding hydrogens is 312 g/mol. The Kier molecular flexibility index (Phi) is 7.14. The second-order valence-electron chi connectivity index (χ2n) is 4.67. The molecule has 1 amide bonds. The molecule has 2 N–H and O–H groups in total. The molecule has 0 radical (unpaired) electrons. The molecule has 0 aliphatic carbocycles. The van der Waals surface area contributed by atoms with E-state index in [1.54, 1.807) is 0 Å². The molecule has 1 rings (SSSR count). The zero-order valence-corrected chi connectivity index (χ0v) is 13.9. The molecule has 0 unspecified atom stereocenters. The molecule has 0 spiro atoms. The average Bonchev–Trinajstić information content (AvgIpc) is 2.47. The first kappa shape index (κ1) is 17.9. The van der Waals surface area contributed by atoms with Crippen LogP contribution in [0.25, 0.3) is 0 Å². The summed E-state index contributed by atoms with van der Waals surface area (Å²) >= 11 is 5.97. The van der Waals surface area contributed by atoms with E-state index in [4.69, 9.17) is 11.6 Å². The van der Waals surface area contributed by atoms with Gasteiger partial charge in [-0.25, -0.2) is 13.1 Å². The first-order valence-corrected chi connectivity index (χ1v) is 8.79. The van der Waals surface area contributed by atoms with Crippen molar-refractivity contribution in [3.63, 3.8) is 0 Å². The summed E-state index contributed by atoms with van der Waals surface area (Å²) in [6, 6.07) is 4.07. The third-order valence-corrected chi connectivity index (χ3v) is 4.82. The zero-order valence-electron chi connectivity index (χ0n) is 12.3. The minimum absolute atomic E-state index is 0.0190. The summed E-state index contributed by atoms with van der Waals surface area (Å²) in [5.74, 6) is -0.357. The standard InChI is InChI=1S/C14H21ClN2O3S/c1-3-4-5-6-9-17-14(18)12-10-11(7-8-13(12)15)21(19,20)16-2/h7-8,10,16H,3-6,9H2,1-2H3,(H,17,18). The molecule has 0 aliphatic rings. The van der Waals surface area contributed by atoms with Crippen LogP contribution in [-0.2, 0) is 10.0 Å². The number of hydrogen-bond acceptors (Lipinski definition) is 3. The van der Waals surface area contributed by atoms with Gasteiger partial charge >= 0.3 is 0 Å². The van der Waals surface area contributed by atoms with Gasteiger partial charge in [0.15, 0.2) is 0 Å². The Bertz CT molecular complexity index is 588. The number of halogens is 1. The van der Waals surface area contributed by atoms with E-state index in [1.807, 2.05) is 0 Å². The molecule has 0 aliphatic heterocycles. The molecule has 0 atom stereocenters. The second-order valence-corrected chi connectivity index (χ2v) is 6.96. The molecule has 7 heteroatoms. The van der Waals surface area contributed by atoms with Crippen LogP contribution >= 0.6 is 11.6 Å². The van der Waals surface area contributed by atoms with Gasteiger partial charge in [0, 0.05) is 6.54 Å². The molecule has 1 aromatic carbocycles. The van der Waals surface area contributed by atoms with Crippen molar-refractivity contribution in [2.75, 3.05) is 13.6 Å². The minimum atomic E-state index is -3.59. The van der Waals surface area contributed by atoms with Crippen LogP contribution in [-0.4, -0.2) is 27.9 Å². The van der Waals surface area contributed by atoms with Crippen LogP contribution in [0.5, 0.6) is 0 Å². The molecule has 1 aromatic rings. The molecule has 0 saturated heterocycles. The Hall–Kier alpha value is -1.11. The van der Waals surface area contributed by atoms with Crippen LogP contribution in [0.2, 0.25) is 5.02 Å². The average molecular weight is 333 g/mol. The normalized spacial score (nSPS) is 11.4. The molecule has 0 aromatic heterocycles. The number of benzene rings is 1. The SMILES string of the molecule is CCCCCCNC(=O)c1cc(S(=O)(=O)NC)ccc1Cl. The monoisotopic (exact) mass is 332 g/mol. The maximum atomic E-state index is 12.1. The molecule has 0 bridgehead atoms. The number of nitrogens with one attached hydrogen (secondary N) is 2. The third-order valence-electron chi connectivity index (χ3n) is 3.08. The van der Waals surface area contributed by atoms with Gasteiger partial charge < -0.3 is 5.32 Å². The van der Waals surface area contributed by atoms with Gasteiger partial charge in [0.05, 0.1) is 15.5 Å². The van der Waals surface area contributed by atoms with Gasteiger partial charge in [0.25, 0.3) is 5.91 Å². The van der Waals surface area contributed by atoms with Crippen molar-refractivity contribution in [2.24, 2.45) is 0 Å². The lowest BCUT2D eigenvalue weighted by Crippen LogP contribution is -2.25. The van der Waals surface area contributed by atoms with E-state index in [0.717, 1.165) is 25.7 Å². The number of hydrogen-bond donors (Lipinski definition) is 2. The Morgan fingerprint density at radius 3 is 2.57 bits per heavy atom. The largest absolute Gasteiger partial charge is 0.352 e. The highest BCUT2D eigenvalue weighted by Crippen LogP contribution is 2.20. The highest BCUT2D eigenvalue weighted by Gasteiger charge is 2.17. The fraction of sp³-hybridized carbons (Fsp3) is 0.500. The highest BCUT2D eigenvalue weighted by atomic mass is 35.5. The number of sulfonamides is 1. The lowest BCUT2D eigenvalue weighted by molar-refractivity contribution is 0.0953. The van der Waals surface area contributed by atoms with Crippen molar-refractivity contribution < 1.29 is 13.2 Å². The maximum Gasteiger partial charge on any atom is 0.252 e. The van der Waals surface area contributed by atoms with Gasteiger partial charge in [0.1, 0.15) is 0 Å². The quantitative estimate of drug-likeness (QED) is 0.718. The molecule has 21 heavy (non-hydrogen) atoms. The first-order chi connectivity index (χ1) is 9.92. The van der Waals surface area contributed by atoms with Crippen LogP contribution in [0.4, 0.5) is 0 Å². The van der Waals surface area contributed by atoms with Crippen molar-refractivity contribution in [1.82, 2.24) is 10.0 Å². The van der Waals surface area contributed by atoms with E-state index in [9.17, 15) is 13.2 Å². The summed E-state index contributed by atoms with van der Waals surface area (Å²) in [4.78, 5) is 12.1. The fourth-order valence-electron chi connectivity index (χ4n) is 1.81. The summed E-state index contributed by atoms with van der Waals surface area (Å²) in [6.45, 7) is 2.67. The van der Waals surface area contributed by atoms with E-state index in [0.29, 0.717) is 6.54 Å². The van der Waals surface area contributed by atoms with E-state index < -0.39 is 10.0 Å². The predicted molar refractivity (Wildman–Crippen MR) is 84.2 cm³/mol. The third kappa shape index (κ3) is 5.30. The molecule has 5 nitrogen and oxygen atoms in total. The minimum Gasteiger partial charge on any atom is -0.352 e. The van der Waals surface area contributed by atoms with Crippen molar-refractivity contribution in [1.29, 1.82) is 0 Å². The number of unbranched alkanes of at least 4 members (excludes halogenated alkanes) is 3. The maximum absolute atomic E-state index is 12.1. The smallest absolute Gasteiger partial charge is 0.252 e. The molecule has 0 heterocycles. The highest BCUT2D eigenvalue weighted by molar-refractivity contribution is 7.89. The van der Waals surface area contributed by atoms with Gasteiger partial charge in [-0.1, -0.05) is 37.8 Å². The number of amides is 1. The first-order valence-electron chi connectivity index (χ1n) is 6.93. The zero-order chi connectivity index (χ0) is 15.9. The van der Waals surface area contributed by atoms with Crippen LogP contribution < -0.4 is 10.0 Å². The molecular formula is C14H21ClN2O3S. The molecule has 118 valence electrons. The summed E-state index contributed by atoms with van der Waals surface area (Å²) in [5, 5.41) is 2.99. The van der Waals surface area contributed by atoms with Gasteiger partial charge in [-0.2, -0.15) is 0 Å². The summed E-state index contributed by atoms with van der Waals surface area (Å²) in [6.07, 6.45) is 4.21. The number of carbonyl (C=O) groups is 1. The predicted octanol–water partition coefficient (Wildman–Crippen LogP) is 2.56. The Balaban J connectivity index is 2.78. The summed E-state index contributed by atoms with van der Waals surface area (Å²) < 4.78 is 25.7. The lowest BCUT2D eigenvalue weighted by Gasteiger charge is -2.09. The van der Waals surface area contributed by atoms with Crippen molar-refractivity contribution in [2.45, 2.75) is 37.5 Å². The van der Waals surface area contributed by atoms with Gasteiger partial charge in [-0.3, -0.25) is 4.79 Å². The Morgan fingerprint density at radius 2 is 1.95 bits per heavy atom. The van der Waals surface area contributed by atoms with Gasteiger partial charge in [-0.15, -0.1) is 0 Å². The van der Waals surface area contributed by atoms with Crippen LogP contribution in [0.3, 0.4) is 0 Å². The molecule has 0 saturated carbocycles. The Labute approximate surface area is 131 Å². The van der Waals surface area contributed by atoms with E-state index in [2.05, 4.69) is 17.0 Å². The van der Waals surface area contributed by atoms with Gasteiger partial charge in [-0.05, 0) is 31.7 Å². The van der Waals surface area contributed by atoms with Gasteiger partial charge in [0.2, 0.25) is 10.0 Å². The number of rotatable bonds is 8. The second kappa shape index (κ2) is 8.36. The van der Waals surface area contributed by atoms with Crippen LogP contribution in [0.1, 0.15) is 43.0 Å². The van der Waals surface area contributed by atoms with Crippen molar-refractivity contribution in [3.8, 4) is 0 Å². The van der Waals surface area contributed by atoms with E-state index in [1.165, 1.54) is 25.2 Å². The summed E-state index contributed by atoms with van der Waals surface area (Å²) in [5.41, 5.74) is 0.170. The van der Waals surface area contributed by atoms with Crippen LogP contribution in [0, 0.1) is 0 Å². The van der Waals surface area contributed by atoms with Crippen LogP contribution in [0.15, 0.2) is 23.1 Å². The number of carbonyl (C=O) groups excluding carboxylic acids is 1. The summed E-state index contributed by atoms with van der Waals surface area (Å²) in [7, 11) is -2.28.